The van der Waals surface area contributed by atoms with Crippen LogP contribution in [-0.4, -0.2) is 21.8 Å². The van der Waals surface area contributed by atoms with E-state index in [1.165, 1.54) is 0 Å². The smallest absolute Gasteiger partial charge is 0.259 e. The summed E-state index contributed by atoms with van der Waals surface area (Å²) < 4.78 is 0.894. The summed E-state index contributed by atoms with van der Waals surface area (Å²) in [7, 11) is 0. The van der Waals surface area contributed by atoms with Gasteiger partial charge < -0.3 is 9.97 Å². The Bertz CT molecular complexity index is 1370. The molecule has 142 valence electrons. The summed E-state index contributed by atoms with van der Waals surface area (Å²) in [6.45, 7) is 3.84. The summed E-state index contributed by atoms with van der Waals surface area (Å²) in [4.78, 5) is 32.4. The highest BCUT2D eigenvalue weighted by Gasteiger charge is 2.36. The molecule has 5 rings (SSSR count). The van der Waals surface area contributed by atoms with Gasteiger partial charge in [-0.2, -0.15) is 0 Å². The van der Waals surface area contributed by atoms with Crippen LogP contribution >= 0.6 is 15.9 Å². The van der Waals surface area contributed by atoms with Crippen LogP contribution in [0, 0.1) is 0 Å². The van der Waals surface area contributed by atoms with E-state index in [9.17, 15) is 9.59 Å². The van der Waals surface area contributed by atoms with Gasteiger partial charge in [-0.25, -0.2) is 0 Å². The van der Waals surface area contributed by atoms with Crippen molar-refractivity contribution in [3.8, 4) is 0 Å². The molecule has 0 bridgehead atoms. The molecule has 5 nitrogen and oxygen atoms in total. The zero-order chi connectivity index (χ0) is 20.1. The van der Waals surface area contributed by atoms with E-state index in [0.29, 0.717) is 23.1 Å². The molecule has 0 radical (unpaired) electrons. The second kappa shape index (κ2) is 6.60. The highest BCUT2D eigenvalue weighted by molar-refractivity contribution is 9.10. The number of amides is 2. The molecule has 0 fully saturated rings. The standard InChI is InChI=1S/C23H16BrN3O2/c1-2-6-17-18(13-8-5-9-15(24)21(13)26-17)20-19(22(28)27-23(20)29)14-11-25-16-10-4-3-7-12(14)16/h2-5,7-11,25-26H,1,6H2,(H,27,28,29). The molecule has 29 heavy (non-hydrogen) atoms. The van der Waals surface area contributed by atoms with Crippen LogP contribution in [0.1, 0.15) is 16.8 Å². The van der Waals surface area contributed by atoms with Crippen LogP contribution in [-0.2, 0) is 16.0 Å². The summed E-state index contributed by atoms with van der Waals surface area (Å²) in [5, 5.41) is 4.27. The van der Waals surface area contributed by atoms with E-state index in [1.54, 1.807) is 12.3 Å². The van der Waals surface area contributed by atoms with Crippen LogP contribution in [0.25, 0.3) is 33.0 Å². The lowest BCUT2D eigenvalue weighted by atomic mass is 9.93. The first-order valence-electron chi connectivity index (χ1n) is 9.17. The van der Waals surface area contributed by atoms with Crippen molar-refractivity contribution in [2.24, 2.45) is 0 Å². The first-order valence-corrected chi connectivity index (χ1v) is 9.96. The van der Waals surface area contributed by atoms with Crippen LogP contribution in [0.2, 0.25) is 0 Å². The lowest BCUT2D eigenvalue weighted by Gasteiger charge is -2.06. The zero-order valence-electron chi connectivity index (χ0n) is 15.3. The molecule has 0 atom stereocenters. The number of fused-ring (bicyclic) bond motifs is 2. The van der Waals surface area contributed by atoms with Gasteiger partial charge in [0.25, 0.3) is 11.8 Å². The minimum absolute atomic E-state index is 0.386. The minimum atomic E-state index is -0.388. The predicted molar refractivity (Wildman–Crippen MR) is 118 cm³/mol. The Kier molecular flexibility index (Phi) is 4.03. The van der Waals surface area contributed by atoms with Crippen molar-refractivity contribution < 1.29 is 9.59 Å². The van der Waals surface area contributed by atoms with E-state index in [0.717, 1.165) is 37.5 Å². The average Bonchev–Trinajstić information content (AvgIpc) is 3.36. The van der Waals surface area contributed by atoms with Gasteiger partial charge in [-0.15, -0.1) is 6.58 Å². The Morgan fingerprint density at radius 2 is 1.72 bits per heavy atom. The Hall–Kier alpha value is -3.38. The molecule has 2 aromatic carbocycles. The number of imide groups is 1. The number of hydrogen-bond donors (Lipinski definition) is 3. The molecule has 3 N–H and O–H groups in total. The van der Waals surface area contributed by atoms with Crippen molar-refractivity contribution in [1.82, 2.24) is 15.3 Å². The SMILES string of the molecule is C=CCc1[nH]c2c(Br)cccc2c1C1=C(c2c[nH]c3ccccc23)C(=O)NC1=O. The fourth-order valence-electron chi connectivity index (χ4n) is 4.05. The third-order valence-electron chi connectivity index (χ3n) is 5.25. The van der Waals surface area contributed by atoms with Crippen LogP contribution < -0.4 is 5.32 Å². The zero-order valence-corrected chi connectivity index (χ0v) is 16.9. The van der Waals surface area contributed by atoms with Gasteiger partial charge in [0, 0.05) is 50.2 Å². The molecule has 2 amide bonds. The number of carbonyl (C=O) groups is 2. The number of H-pyrrole nitrogens is 2. The maximum atomic E-state index is 13.0. The van der Waals surface area contributed by atoms with E-state index in [1.807, 2.05) is 42.5 Å². The summed E-state index contributed by atoms with van der Waals surface area (Å²) >= 11 is 3.57. The third kappa shape index (κ3) is 2.60. The molecule has 6 heteroatoms. The Balaban J connectivity index is 1.89. The molecule has 1 aliphatic heterocycles. The van der Waals surface area contributed by atoms with Gasteiger partial charge >= 0.3 is 0 Å². The topological polar surface area (TPSA) is 77.8 Å². The number of aromatic amines is 2. The fourth-order valence-corrected chi connectivity index (χ4v) is 4.51. The molecule has 0 aliphatic carbocycles. The van der Waals surface area contributed by atoms with Gasteiger partial charge in [0.1, 0.15) is 0 Å². The molecule has 0 spiro atoms. The van der Waals surface area contributed by atoms with Gasteiger partial charge in [0.05, 0.1) is 16.7 Å². The number of rotatable bonds is 4. The summed E-state index contributed by atoms with van der Waals surface area (Å²) in [6, 6.07) is 13.5. The molecular weight excluding hydrogens is 430 g/mol. The molecule has 4 aromatic rings. The fraction of sp³-hybridized carbons (Fsp3) is 0.0435. The first kappa shape index (κ1) is 17.7. The highest BCUT2D eigenvalue weighted by Crippen LogP contribution is 2.40. The van der Waals surface area contributed by atoms with Gasteiger partial charge in [0.2, 0.25) is 0 Å². The van der Waals surface area contributed by atoms with Gasteiger partial charge in [0.15, 0.2) is 0 Å². The molecule has 0 saturated heterocycles. The summed E-state index contributed by atoms with van der Waals surface area (Å²) in [5.41, 5.74) is 4.88. The number of benzene rings is 2. The average molecular weight is 446 g/mol. The first-order chi connectivity index (χ1) is 14.1. The second-order valence-corrected chi connectivity index (χ2v) is 7.77. The molecule has 1 aliphatic rings. The number of para-hydroxylation sites is 2. The lowest BCUT2D eigenvalue weighted by molar-refractivity contribution is -0.122. The van der Waals surface area contributed by atoms with E-state index >= 15 is 0 Å². The Morgan fingerprint density at radius 1 is 0.966 bits per heavy atom. The Morgan fingerprint density at radius 3 is 2.55 bits per heavy atom. The number of halogens is 1. The quantitative estimate of drug-likeness (QED) is 0.314. The molecule has 3 heterocycles. The largest absolute Gasteiger partial charge is 0.361 e. The lowest BCUT2D eigenvalue weighted by Crippen LogP contribution is -2.22. The molecule has 0 saturated carbocycles. The predicted octanol–water partition coefficient (Wildman–Crippen LogP) is 4.71. The molecule has 0 unspecified atom stereocenters. The van der Waals surface area contributed by atoms with Crippen molar-refractivity contribution in [2.75, 3.05) is 0 Å². The third-order valence-corrected chi connectivity index (χ3v) is 5.91. The van der Waals surface area contributed by atoms with Crippen LogP contribution in [0.3, 0.4) is 0 Å². The van der Waals surface area contributed by atoms with Gasteiger partial charge in [-0.1, -0.05) is 36.4 Å². The number of aromatic nitrogens is 2. The molecular formula is C23H16BrN3O2. The monoisotopic (exact) mass is 445 g/mol. The van der Waals surface area contributed by atoms with E-state index in [-0.39, 0.29) is 11.8 Å². The van der Waals surface area contributed by atoms with Crippen molar-refractivity contribution in [3.63, 3.8) is 0 Å². The normalized spacial score (nSPS) is 14.2. The summed E-state index contributed by atoms with van der Waals surface area (Å²) in [5.74, 6) is -0.773. The van der Waals surface area contributed by atoms with Crippen LogP contribution in [0.5, 0.6) is 0 Å². The number of carbonyl (C=O) groups excluding carboxylic acids is 2. The number of nitrogens with one attached hydrogen (secondary N) is 3. The maximum absolute atomic E-state index is 13.0. The molecule has 2 aromatic heterocycles. The highest BCUT2D eigenvalue weighted by atomic mass is 79.9. The van der Waals surface area contributed by atoms with Gasteiger partial charge in [-0.05, 0) is 28.1 Å². The van der Waals surface area contributed by atoms with Crippen molar-refractivity contribution in [1.29, 1.82) is 0 Å². The van der Waals surface area contributed by atoms with E-state index < -0.39 is 0 Å². The number of hydrogen-bond acceptors (Lipinski definition) is 2. The number of allylic oxidation sites excluding steroid dienone is 1. The summed E-state index contributed by atoms with van der Waals surface area (Å²) in [6.07, 6.45) is 4.11. The maximum Gasteiger partial charge on any atom is 0.259 e. The van der Waals surface area contributed by atoms with Crippen molar-refractivity contribution >= 4 is 60.7 Å². The van der Waals surface area contributed by atoms with Gasteiger partial charge in [-0.3, -0.25) is 14.9 Å². The Labute approximate surface area is 174 Å². The van der Waals surface area contributed by atoms with Crippen LogP contribution in [0.4, 0.5) is 0 Å². The van der Waals surface area contributed by atoms with Crippen molar-refractivity contribution in [2.45, 2.75) is 6.42 Å². The second-order valence-electron chi connectivity index (χ2n) is 6.91. The van der Waals surface area contributed by atoms with Crippen LogP contribution in [0.15, 0.2) is 65.8 Å². The van der Waals surface area contributed by atoms with E-state index in [4.69, 9.17) is 0 Å². The van der Waals surface area contributed by atoms with Crippen molar-refractivity contribution in [3.05, 3.63) is 82.6 Å². The minimum Gasteiger partial charge on any atom is -0.361 e. The van der Waals surface area contributed by atoms with E-state index in [2.05, 4.69) is 37.8 Å².